The monoisotopic (exact) mass is 346 g/mol. The third kappa shape index (κ3) is 3.52. The molecule has 1 aromatic carbocycles. The molecule has 136 valence electrons. The fourth-order valence-electron chi connectivity index (χ4n) is 4.27. The molecular weight excluding hydrogens is 320 g/mol. The number of fused-ring (bicyclic) bond motifs is 1. The molecule has 3 atom stereocenters. The molecule has 0 saturated carbocycles. The number of benzene rings is 1. The summed E-state index contributed by atoms with van der Waals surface area (Å²) in [5.74, 6) is 1.71. The van der Waals surface area contributed by atoms with Gasteiger partial charge in [-0.1, -0.05) is 12.1 Å². The minimum Gasteiger partial charge on any atom is -0.497 e. The summed E-state index contributed by atoms with van der Waals surface area (Å²) >= 11 is 0. The van der Waals surface area contributed by atoms with Crippen LogP contribution in [0.5, 0.6) is 5.75 Å². The molecule has 25 heavy (non-hydrogen) atoms. The van der Waals surface area contributed by atoms with Gasteiger partial charge >= 0.3 is 0 Å². The van der Waals surface area contributed by atoms with Gasteiger partial charge in [0.15, 0.2) is 0 Å². The average molecular weight is 346 g/mol. The lowest BCUT2D eigenvalue weighted by atomic mass is 9.82. The minimum atomic E-state index is -0.0716. The molecule has 0 aromatic heterocycles. The highest BCUT2D eigenvalue weighted by molar-refractivity contribution is 5.78. The van der Waals surface area contributed by atoms with Crippen molar-refractivity contribution < 1.29 is 19.1 Å². The van der Waals surface area contributed by atoms with Crippen LogP contribution >= 0.6 is 0 Å². The van der Waals surface area contributed by atoms with Gasteiger partial charge in [0.25, 0.3) is 5.91 Å². The number of likely N-dealkylation sites (tertiary alicyclic amines) is 1. The van der Waals surface area contributed by atoms with Crippen LogP contribution in [0.1, 0.15) is 12.0 Å². The quantitative estimate of drug-likeness (QED) is 0.828. The summed E-state index contributed by atoms with van der Waals surface area (Å²) in [6.07, 6.45) is 0.928. The minimum absolute atomic E-state index is 0.0716. The van der Waals surface area contributed by atoms with Crippen LogP contribution in [0.15, 0.2) is 24.3 Å². The molecule has 1 amide bonds. The fraction of sp³-hybridized carbons (Fsp3) is 0.632. The van der Waals surface area contributed by atoms with Crippen LogP contribution < -0.4 is 4.74 Å². The van der Waals surface area contributed by atoms with Crippen molar-refractivity contribution in [1.82, 2.24) is 9.96 Å². The van der Waals surface area contributed by atoms with E-state index in [9.17, 15) is 4.79 Å². The molecule has 3 saturated heterocycles. The van der Waals surface area contributed by atoms with Gasteiger partial charge < -0.3 is 9.47 Å². The molecule has 1 aromatic rings. The molecule has 0 unspecified atom stereocenters. The normalized spacial score (nSPS) is 29.6. The summed E-state index contributed by atoms with van der Waals surface area (Å²) in [4.78, 5) is 20.7. The maximum absolute atomic E-state index is 12.8. The van der Waals surface area contributed by atoms with Crippen LogP contribution in [0.3, 0.4) is 0 Å². The SMILES string of the molecule is COc1ccc(CN2C[C@@H]3COC[C@@H](C(=O)N4CCCO4)[C@@H]3C2)cc1. The molecule has 0 spiro atoms. The van der Waals surface area contributed by atoms with Crippen molar-refractivity contribution in [2.75, 3.05) is 46.6 Å². The van der Waals surface area contributed by atoms with Gasteiger partial charge in [0, 0.05) is 19.6 Å². The summed E-state index contributed by atoms with van der Waals surface area (Å²) in [5, 5.41) is 1.56. The number of hydrogen-bond donors (Lipinski definition) is 0. The Morgan fingerprint density at radius 3 is 2.80 bits per heavy atom. The Balaban J connectivity index is 1.40. The molecule has 0 N–H and O–H groups in total. The molecule has 6 nitrogen and oxygen atoms in total. The van der Waals surface area contributed by atoms with Gasteiger partial charge in [-0.05, 0) is 36.0 Å². The number of nitrogens with zero attached hydrogens (tertiary/aromatic N) is 2. The van der Waals surface area contributed by atoms with E-state index in [0.29, 0.717) is 31.6 Å². The van der Waals surface area contributed by atoms with E-state index in [-0.39, 0.29) is 11.8 Å². The lowest BCUT2D eigenvalue weighted by molar-refractivity contribution is -0.181. The Morgan fingerprint density at radius 1 is 1.24 bits per heavy atom. The topological polar surface area (TPSA) is 51.2 Å². The molecule has 3 heterocycles. The van der Waals surface area contributed by atoms with E-state index >= 15 is 0 Å². The molecular formula is C19H26N2O4. The number of methoxy groups -OCH3 is 1. The van der Waals surface area contributed by atoms with Crippen molar-refractivity contribution in [2.24, 2.45) is 17.8 Å². The second-order valence-electron chi connectivity index (χ2n) is 7.24. The van der Waals surface area contributed by atoms with Crippen LogP contribution in [0, 0.1) is 17.8 Å². The van der Waals surface area contributed by atoms with Crippen LogP contribution in [0.25, 0.3) is 0 Å². The molecule has 0 radical (unpaired) electrons. The molecule has 3 aliphatic rings. The highest BCUT2D eigenvalue weighted by Gasteiger charge is 2.45. The average Bonchev–Trinajstić information content (AvgIpc) is 3.31. The first-order valence-electron chi connectivity index (χ1n) is 9.12. The summed E-state index contributed by atoms with van der Waals surface area (Å²) in [7, 11) is 1.68. The van der Waals surface area contributed by atoms with Crippen molar-refractivity contribution in [3.63, 3.8) is 0 Å². The zero-order chi connectivity index (χ0) is 17.2. The van der Waals surface area contributed by atoms with Crippen LogP contribution in [-0.4, -0.2) is 62.4 Å². The van der Waals surface area contributed by atoms with Gasteiger partial charge in [0.2, 0.25) is 0 Å². The molecule has 4 rings (SSSR count). The number of ether oxygens (including phenoxy) is 2. The van der Waals surface area contributed by atoms with Gasteiger partial charge in [-0.3, -0.25) is 14.5 Å². The second-order valence-corrected chi connectivity index (χ2v) is 7.24. The standard InChI is InChI=1S/C19H26N2O4/c1-23-16-5-3-14(4-6-16)9-20-10-15-12-24-13-18(17(15)11-20)19(22)21-7-2-8-25-21/h3-6,15,17-18H,2,7-13H2,1H3/t15-,17-,18-/m1/s1. The Labute approximate surface area is 148 Å². The third-order valence-electron chi connectivity index (χ3n) is 5.59. The number of hydroxylamine groups is 2. The molecule has 3 aliphatic heterocycles. The summed E-state index contributed by atoms with van der Waals surface area (Å²) < 4.78 is 11.0. The Bertz CT molecular complexity index is 600. The van der Waals surface area contributed by atoms with Gasteiger partial charge in [0.05, 0.1) is 39.4 Å². The molecule has 3 fully saturated rings. The molecule has 0 aliphatic carbocycles. The zero-order valence-corrected chi connectivity index (χ0v) is 14.7. The van der Waals surface area contributed by atoms with E-state index in [1.807, 2.05) is 12.1 Å². The first kappa shape index (κ1) is 16.8. The van der Waals surface area contributed by atoms with Crippen LogP contribution in [0.2, 0.25) is 0 Å². The number of amides is 1. The van der Waals surface area contributed by atoms with Crippen molar-refractivity contribution in [3.05, 3.63) is 29.8 Å². The van der Waals surface area contributed by atoms with Gasteiger partial charge in [-0.2, -0.15) is 0 Å². The number of carbonyl (C=O) groups is 1. The Hall–Kier alpha value is -1.63. The maximum atomic E-state index is 12.8. The van der Waals surface area contributed by atoms with Gasteiger partial charge in [-0.15, -0.1) is 0 Å². The Morgan fingerprint density at radius 2 is 2.08 bits per heavy atom. The fourth-order valence-corrected chi connectivity index (χ4v) is 4.27. The first-order chi connectivity index (χ1) is 12.2. The van der Waals surface area contributed by atoms with Gasteiger partial charge in [0.1, 0.15) is 5.75 Å². The maximum Gasteiger partial charge on any atom is 0.251 e. The predicted molar refractivity (Wildman–Crippen MR) is 91.8 cm³/mol. The summed E-state index contributed by atoms with van der Waals surface area (Å²) in [5.41, 5.74) is 1.27. The van der Waals surface area contributed by atoms with E-state index in [1.54, 1.807) is 12.2 Å². The van der Waals surface area contributed by atoms with E-state index in [0.717, 1.165) is 38.4 Å². The zero-order valence-electron chi connectivity index (χ0n) is 14.7. The van der Waals surface area contributed by atoms with Crippen molar-refractivity contribution >= 4 is 5.91 Å². The third-order valence-corrected chi connectivity index (χ3v) is 5.59. The predicted octanol–water partition coefficient (Wildman–Crippen LogP) is 1.55. The van der Waals surface area contributed by atoms with Crippen LogP contribution in [-0.2, 0) is 20.9 Å². The lowest BCUT2D eigenvalue weighted by Gasteiger charge is -2.33. The van der Waals surface area contributed by atoms with Gasteiger partial charge in [-0.25, -0.2) is 5.06 Å². The van der Waals surface area contributed by atoms with Crippen molar-refractivity contribution in [3.8, 4) is 5.75 Å². The summed E-state index contributed by atoms with van der Waals surface area (Å²) in [6, 6.07) is 8.22. The molecule has 6 heteroatoms. The summed E-state index contributed by atoms with van der Waals surface area (Å²) in [6.45, 7) is 5.48. The number of rotatable bonds is 4. The van der Waals surface area contributed by atoms with E-state index in [2.05, 4.69) is 17.0 Å². The first-order valence-corrected chi connectivity index (χ1v) is 9.12. The van der Waals surface area contributed by atoms with E-state index in [4.69, 9.17) is 14.3 Å². The largest absolute Gasteiger partial charge is 0.497 e. The van der Waals surface area contributed by atoms with Crippen molar-refractivity contribution in [2.45, 2.75) is 13.0 Å². The highest BCUT2D eigenvalue weighted by atomic mass is 16.7. The van der Waals surface area contributed by atoms with Crippen LogP contribution in [0.4, 0.5) is 0 Å². The highest BCUT2D eigenvalue weighted by Crippen LogP contribution is 2.36. The Kier molecular flexibility index (Phi) is 4.92. The number of carbonyl (C=O) groups excluding carboxylic acids is 1. The van der Waals surface area contributed by atoms with Crippen molar-refractivity contribution in [1.29, 1.82) is 0 Å². The second kappa shape index (κ2) is 7.32. The lowest BCUT2D eigenvalue weighted by Crippen LogP contribution is -2.45. The number of hydrogen-bond acceptors (Lipinski definition) is 5. The molecule has 0 bridgehead atoms. The van der Waals surface area contributed by atoms with E-state index in [1.165, 1.54) is 5.56 Å². The van der Waals surface area contributed by atoms with E-state index < -0.39 is 0 Å². The smallest absolute Gasteiger partial charge is 0.251 e.